The van der Waals surface area contributed by atoms with Gasteiger partial charge in [-0.2, -0.15) is 0 Å². The molecular weight excluding hydrogens is 372 g/mol. The Balaban J connectivity index is 1.71. The van der Waals surface area contributed by atoms with Crippen LogP contribution in [0, 0.1) is 6.92 Å². The van der Waals surface area contributed by atoms with Gasteiger partial charge in [-0.05, 0) is 50.2 Å². The second kappa shape index (κ2) is 8.92. The van der Waals surface area contributed by atoms with Crippen molar-refractivity contribution in [1.82, 2.24) is 14.5 Å². The number of esters is 1. The van der Waals surface area contributed by atoms with Crippen molar-refractivity contribution in [3.63, 3.8) is 0 Å². The monoisotopic (exact) mass is 392 g/mol. The maximum Gasteiger partial charge on any atom is 0.338 e. The number of carbonyl (C=O) groups is 2. The molecule has 1 amide bonds. The fraction of sp³-hybridized carbons (Fsp3) is 0.190. The molecule has 3 rings (SSSR count). The lowest BCUT2D eigenvalue weighted by atomic mass is 10.2. The van der Waals surface area contributed by atoms with Gasteiger partial charge in [0.2, 0.25) is 5.91 Å². The van der Waals surface area contributed by atoms with E-state index in [0.29, 0.717) is 35.1 Å². The lowest BCUT2D eigenvalue weighted by Crippen LogP contribution is -2.29. The summed E-state index contributed by atoms with van der Waals surface area (Å²) >= 11 is 0. The molecule has 0 bridgehead atoms. The SMILES string of the molecule is CCOC(=O)c1ccc(NC(=O)Cn2c(C)nc(-c3ccccn3)cc2=O)cc1. The van der Waals surface area contributed by atoms with Crippen molar-refractivity contribution in [3.8, 4) is 11.4 Å². The molecule has 8 heteroatoms. The molecule has 1 N–H and O–H groups in total. The van der Waals surface area contributed by atoms with Gasteiger partial charge in [-0.3, -0.25) is 19.1 Å². The third-order valence-electron chi connectivity index (χ3n) is 4.11. The number of benzene rings is 1. The Hall–Kier alpha value is -3.81. The molecule has 0 saturated heterocycles. The first-order valence-corrected chi connectivity index (χ1v) is 9.05. The molecule has 29 heavy (non-hydrogen) atoms. The van der Waals surface area contributed by atoms with Gasteiger partial charge in [0.15, 0.2) is 0 Å². The minimum absolute atomic E-state index is 0.181. The summed E-state index contributed by atoms with van der Waals surface area (Å²) in [5.41, 5.74) is 1.61. The van der Waals surface area contributed by atoms with E-state index in [-0.39, 0.29) is 18.0 Å². The van der Waals surface area contributed by atoms with Crippen LogP contribution in [0.2, 0.25) is 0 Å². The number of nitrogens with one attached hydrogen (secondary N) is 1. The summed E-state index contributed by atoms with van der Waals surface area (Å²) in [4.78, 5) is 45.1. The lowest BCUT2D eigenvalue weighted by Gasteiger charge is -2.11. The Morgan fingerprint density at radius 2 is 1.86 bits per heavy atom. The quantitative estimate of drug-likeness (QED) is 0.646. The van der Waals surface area contributed by atoms with Crippen LogP contribution in [0.3, 0.4) is 0 Å². The van der Waals surface area contributed by atoms with E-state index in [1.165, 1.54) is 10.6 Å². The zero-order valence-corrected chi connectivity index (χ0v) is 16.1. The molecule has 8 nitrogen and oxygen atoms in total. The first kappa shape index (κ1) is 19.9. The highest BCUT2D eigenvalue weighted by atomic mass is 16.5. The predicted octanol–water partition coefficient (Wildman–Crippen LogP) is 2.43. The maximum absolute atomic E-state index is 12.5. The van der Waals surface area contributed by atoms with Gasteiger partial charge < -0.3 is 10.1 Å². The summed E-state index contributed by atoms with van der Waals surface area (Å²) in [7, 11) is 0. The molecule has 0 aliphatic heterocycles. The van der Waals surface area contributed by atoms with Crippen LogP contribution < -0.4 is 10.9 Å². The van der Waals surface area contributed by atoms with Gasteiger partial charge in [-0.1, -0.05) is 6.07 Å². The second-order valence-corrected chi connectivity index (χ2v) is 6.17. The molecule has 0 saturated carbocycles. The van der Waals surface area contributed by atoms with Gasteiger partial charge in [-0.15, -0.1) is 0 Å². The molecule has 0 spiro atoms. The van der Waals surface area contributed by atoms with Gasteiger partial charge in [0.25, 0.3) is 5.56 Å². The largest absolute Gasteiger partial charge is 0.462 e. The third kappa shape index (κ3) is 4.92. The van der Waals surface area contributed by atoms with Crippen molar-refractivity contribution in [2.24, 2.45) is 0 Å². The van der Waals surface area contributed by atoms with Gasteiger partial charge in [0, 0.05) is 18.0 Å². The highest BCUT2D eigenvalue weighted by Gasteiger charge is 2.12. The van der Waals surface area contributed by atoms with Crippen LogP contribution in [0.5, 0.6) is 0 Å². The second-order valence-electron chi connectivity index (χ2n) is 6.17. The summed E-state index contributed by atoms with van der Waals surface area (Å²) in [6.45, 7) is 3.50. The molecule has 2 heterocycles. The van der Waals surface area contributed by atoms with Gasteiger partial charge in [-0.25, -0.2) is 9.78 Å². The number of aromatic nitrogens is 3. The molecule has 1 aromatic carbocycles. The van der Waals surface area contributed by atoms with Gasteiger partial charge in [0.1, 0.15) is 12.4 Å². The molecule has 0 aliphatic rings. The zero-order valence-electron chi connectivity index (χ0n) is 16.1. The summed E-state index contributed by atoms with van der Waals surface area (Å²) in [6.07, 6.45) is 1.62. The lowest BCUT2D eigenvalue weighted by molar-refractivity contribution is -0.116. The summed E-state index contributed by atoms with van der Waals surface area (Å²) in [5.74, 6) is -0.399. The van der Waals surface area contributed by atoms with E-state index in [9.17, 15) is 14.4 Å². The van der Waals surface area contributed by atoms with Crippen molar-refractivity contribution < 1.29 is 14.3 Å². The minimum Gasteiger partial charge on any atom is -0.462 e. The van der Waals surface area contributed by atoms with Crippen LogP contribution in [0.1, 0.15) is 23.1 Å². The average molecular weight is 392 g/mol. The van der Waals surface area contributed by atoms with Crippen LogP contribution in [0.4, 0.5) is 5.69 Å². The number of rotatable bonds is 6. The van der Waals surface area contributed by atoms with E-state index in [1.54, 1.807) is 56.4 Å². The third-order valence-corrected chi connectivity index (χ3v) is 4.11. The molecule has 0 atom stereocenters. The zero-order chi connectivity index (χ0) is 20.8. The molecule has 3 aromatic rings. The number of anilines is 1. The van der Waals surface area contributed by atoms with Crippen molar-refractivity contribution >= 4 is 17.6 Å². The molecule has 148 valence electrons. The standard InChI is InChI=1S/C21H20N4O4/c1-3-29-21(28)15-7-9-16(10-8-15)24-19(26)13-25-14(2)23-18(12-20(25)27)17-6-4-5-11-22-17/h4-12H,3,13H2,1-2H3,(H,24,26). The van der Waals surface area contributed by atoms with Crippen LogP contribution in [0.15, 0.2) is 59.5 Å². The van der Waals surface area contributed by atoms with Crippen molar-refractivity contribution in [1.29, 1.82) is 0 Å². The minimum atomic E-state index is -0.424. The fourth-order valence-electron chi connectivity index (χ4n) is 2.71. The smallest absolute Gasteiger partial charge is 0.338 e. The summed E-state index contributed by atoms with van der Waals surface area (Å²) in [5, 5.41) is 2.70. The van der Waals surface area contributed by atoms with Crippen LogP contribution in [-0.2, 0) is 16.1 Å². The van der Waals surface area contributed by atoms with Crippen LogP contribution in [0.25, 0.3) is 11.4 Å². The number of pyridine rings is 1. The van der Waals surface area contributed by atoms with E-state index in [0.717, 1.165) is 0 Å². The van der Waals surface area contributed by atoms with Gasteiger partial charge >= 0.3 is 5.97 Å². The number of hydrogen-bond acceptors (Lipinski definition) is 6. The molecular formula is C21H20N4O4. The van der Waals surface area contributed by atoms with Crippen LogP contribution in [-0.4, -0.2) is 33.0 Å². The Bertz CT molecular complexity index is 1080. The molecule has 0 fully saturated rings. The Kier molecular flexibility index (Phi) is 6.13. The number of carbonyl (C=O) groups excluding carboxylic acids is 2. The van der Waals surface area contributed by atoms with E-state index in [4.69, 9.17) is 4.74 Å². The maximum atomic E-state index is 12.5. The van der Waals surface area contributed by atoms with Crippen molar-refractivity contribution in [3.05, 3.63) is 76.5 Å². The summed E-state index contributed by atoms with van der Waals surface area (Å²) in [6, 6.07) is 13.0. The highest BCUT2D eigenvalue weighted by molar-refractivity contribution is 5.93. The van der Waals surface area contributed by atoms with Crippen LogP contribution >= 0.6 is 0 Å². The van der Waals surface area contributed by atoms with Gasteiger partial charge in [0.05, 0.1) is 23.6 Å². The number of nitrogens with zero attached hydrogens (tertiary/aromatic N) is 3. The molecule has 0 unspecified atom stereocenters. The van der Waals surface area contributed by atoms with E-state index in [2.05, 4.69) is 15.3 Å². The van der Waals surface area contributed by atoms with E-state index >= 15 is 0 Å². The first-order valence-electron chi connectivity index (χ1n) is 9.05. The first-order chi connectivity index (χ1) is 14.0. The Labute approximate surface area is 167 Å². The molecule has 2 aromatic heterocycles. The average Bonchev–Trinajstić information content (AvgIpc) is 2.72. The van der Waals surface area contributed by atoms with E-state index in [1.807, 2.05) is 6.07 Å². The van der Waals surface area contributed by atoms with E-state index < -0.39 is 5.97 Å². The highest BCUT2D eigenvalue weighted by Crippen LogP contribution is 2.13. The number of hydrogen-bond donors (Lipinski definition) is 1. The van der Waals surface area contributed by atoms with Crippen molar-refractivity contribution in [2.45, 2.75) is 20.4 Å². The van der Waals surface area contributed by atoms with Crippen molar-refractivity contribution in [2.75, 3.05) is 11.9 Å². The number of aryl methyl sites for hydroxylation is 1. The summed E-state index contributed by atoms with van der Waals surface area (Å²) < 4.78 is 6.21. The Morgan fingerprint density at radius 1 is 1.10 bits per heavy atom. The topological polar surface area (TPSA) is 103 Å². The predicted molar refractivity (Wildman–Crippen MR) is 107 cm³/mol. The number of amides is 1. The Morgan fingerprint density at radius 3 is 2.48 bits per heavy atom. The molecule has 0 radical (unpaired) electrons. The normalized spacial score (nSPS) is 10.4. The number of ether oxygens (including phenoxy) is 1. The molecule has 0 aliphatic carbocycles. The fourth-order valence-corrected chi connectivity index (χ4v) is 2.71.